The van der Waals surface area contributed by atoms with Gasteiger partial charge in [0, 0.05) is 37.4 Å². The summed E-state index contributed by atoms with van der Waals surface area (Å²) >= 11 is 5.65. The van der Waals surface area contributed by atoms with Crippen LogP contribution in [-0.4, -0.2) is 95.1 Å². The van der Waals surface area contributed by atoms with Crippen molar-refractivity contribution in [2.45, 2.75) is 71.2 Å². The first kappa shape index (κ1) is 28.7. The van der Waals surface area contributed by atoms with Crippen LogP contribution < -0.4 is 5.32 Å². The fraction of sp³-hybridized carbons (Fsp3) is 0.696. The molecule has 0 spiro atoms. The second-order valence-corrected chi connectivity index (χ2v) is 10.9. The van der Waals surface area contributed by atoms with Crippen LogP contribution in [0.15, 0.2) is 24.7 Å². The molecular formula is C23H36N5O6PS. The number of amides is 1. The van der Waals surface area contributed by atoms with Crippen molar-refractivity contribution in [1.82, 2.24) is 19.8 Å². The fourth-order valence-electron chi connectivity index (χ4n) is 4.27. The largest absolute Gasteiger partial charge is 0.460 e. The predicted molar refractivity (Wildman–Crippen MR) is 138 cm³/mol. The van der Waals surface area contributed by atoms with Crippen LogP contribution in [0, 0.1) is 11.3 Å². The van der Waals surface area contributed by atoms with E-state index in [0.717, 1.165) is 0 Å². The number of nitrogens with one attached hydrogen (secondary N) is 1. The molecule has 0 saturated carbocycles. The molecule has 200 valence electrons. The molecule has 3 heterocycles. The van der Waals surface area contributed by atoms with Crippen molar-refractivity contribution in [2.75, 3.05) is 32.9 Å². The molecule has 0 aromatic heterocycles. The zero-order valence-corrected chi connectivity index (χ0v) is 23.2. The van der Waals surface area contributed by atoms with Crippen LogP contribution in [0.1, 0.15) is 34.6 Å². The van der Waals surface area contributed by atoms with E-state index in [1.807, 2.05) is 17.9 Å². The van der Waals surface area contributed by atoms with E-state index in [9.17, 15) is 10.1 Å². The second-order valence-electron chi connectivity index (χ2n) is 9.15. The van der Waals surface area contributed by atoms with Gasteiger partial charge in [-0.1, -0.05) is 6.58 Å². The molecule has 2 fully saturated rings. The Morgan fingerprint density at radius 1 is 1.33 bits per heavy atom. The van der Waals surface area contributed by atoms with Crippen molar-refractivity contribution >= 4 is 31.8 Å². The summed E-state index contributed by atoms with van der Waals surface area (Å²) in [6.07, 6.45) is 0.659. The lowest BCUT2D eigenvalue weighted by atomic mass is 10.1. The molecular weight excluding hydrogens is 505 g/mol. The van der Waals surface area contributed by atoms with E-state index >= 15 is 0 Å². The van der Waals surface area contributed by atoms with E-state index in [4.69, 9.17) is 35.5 Å². The normalized spacial score (nSPS) is 27.5. The smallest absolute Gasteiger partial charge is 0.260 e. The van der Waals surface area contributed by atoms with Crippen LogP contribution >= 0.6 is 20.7 Å². The molecule has 2 saturated heterocycles. The number of nitriles is 1. The maximum absolute atomic E-state index is 11.8. The monoisotopic (exact) mass is 541 g/mol. The highest BCUT2D eigenvalue weighted by atomic mass is 32.1. The Balaban J connectivity index is 1.90. The van der Waals surface area contributed by atoms with E-state index < -0.39 is 33.1 Å². The summed E-state index contributed by atoms with van der Waals surface area (Å²) in [5.41, 5.74) is 0. The second kappa shape index (κ2) is 13.1. The lowest BCUT2D eigenvalue weighted by Gasteiger charge is -2.39. The van der Waals surface area contributed by atoms with E-state index in [-0.39, 0.29) is 24.6 Å². The fourth-order valence-corrected chi connectivity index (χ4v) is 6.29. The molecule has 5 atom stereocenters. The van der Waals surface area contributed by atoms with Gasteiger partial charge < -0.3 is 38.4 Å². The molecule has 0 bridgehead atoms. The Morgan fingerprint density at radius 3 is 2.58 bits per heavy atom. The van der Waals surface area contributed by atoms with Crippen molar-refractivity contribution in [1.29, 1.82) is 5.26 Å². The SMILES string of the molecule is C=C1NC(=O)C=CN1[C@@H]1O[C@H](C)[C@H](OP(OCC#N)N(C(C)C)C(C)C)C1OC(=S)N1CCOCC1. The summed E-state index contributed by atoms with van der Waals surface area (Å²) < 4.78 is 32.7. The van der Waals surface area contributed by atoms with E-state index in [0.29, 0.717) is 37.3 Å². The number of ether oxygens (including phenoxy) is 3. The first-order valence-electron chi connectivity index (χ1n) is 12.0. The first-order valence-corrected chi connectivity index (χ1v) is 13.6. The summed E-state index contributed by atoms with van der Waals surface area (Å²) in [7, 11) is -1.62. The zero-order chi connectivity index (χ0) is 26.4. The highest BCUT2D eigenvalue weighted by Crippen LogP contribution is 2.49. The summed E-state index contributed by atoms with van der Waals surface area (Å²) in [6, 6.07) is 2.26. The van der Waals surface area contributed by atoms with Crippen LogP contribution in [0.4, 0.5) is 0 Å². The molecule has 1 amide bonds. The maximum atomic E-state index is 11.8. The third-order valence-corrected chi connectivity index (χ3v) is 8.29. The number of carbonyl (C=O) groups is 1. The van der Waals surface area contributed by atoms with Gasteiger partial charge in [0.25, 0.3) is 19.6 Å². The zero-order valence-electron chi connectivity index (χ0n) is 21.5. The Morgan fingerprint density at radius 2 is 2.00 bits per heavy atom. The molecule has 3 rings (SSSR count). The molecule has 2 unspecified atom stereocenters. The average molecular weight is 542 g/mol. The third kappa shape index (κ3) is 6.92. The number of morpholine rings is 1. The summed E-state index contributed by atoms with van der Waals surface area (Å²) in [5, 5.41) is 12.2. The number of rotatable bonds is 9. The molecule has 3 aliphatic heterocycles. The minimum atomic E-state index is -1.62. The van der Waals surface area contributed by atoms with Crippen LogP contribution in [0.3, 0.4) is 0 Å². The van der Waals surface area contributed by atoms with Crippen LogP contribution in [0.5, 0.6) is 0 Å². The standard InChI is InChI=1S/C23H36N5O6PS/c1-15(2)28(16(3)4)35(31-12-8-24)34-20-17(5)32-22(27-9-7-19(29)25-18(27)6)21(20)33-23(36)26-10-13-30-14-11-26/h7,9,15-17,20-22H,6,10-14H2,1-5H3,(H,25,29)/t17-,20+,21?,22-,35?/m1/s1. The van der Waals surface area contributed by atoms with Crippen molar-refractivity contribution in [3.05, 3.63) is 24.7 Å². The molecule has 1 N–H and O–H groups in total. The summed E-state index contributed by atoms with van der Waals surface area (Å²) in [4.78, 5) is 15.5. The van der Waals surface area contributed by atoms with Crippen molar-refractivity contribution in [2.24, 2.45) is 0 Å². The molecule has 0 aromatic carbocycles. The van der Waals surface area contributed by atoms with Crippen LogP contribution in [0.25, 0.3) is 0 Å². The highest BCUT2D eigenvalue weighted by Gasteiger charge is 2.51. The number of hydrogen-bond acceptors (Lipinski definition) is 10. The Labute approximate surface area is 219 Å². The van der Waals surface area contributed by atoms with Crippen LogP contribution in [0.2, 0.25) is 0 Å². The summed E-state index contributed by atoms with van der Waals surface area (Å²) in [5.74, 6) is 0.0922. The molecule has 13 heteroatoms. The van der Waals surface area contributed by atoms with Gasteiger partial charge in [-0.05, 0) is 46.8 Å². The maximum Gasteiger partial charge on any atom is 0.260 e. The van der Waals surface area contributed by atoms with Gasteiger partial charge in [-0.3, -0.25) is 4.79 Å². The van der Waals surface area contributed by atoms with Gasteiger partial charge in [-0.15, -0.1) is 0 Å². The van der Waals surface area contributed by atoms with Crippen molar-refractivity contribution in [3.63, 3.8) is 0 Å². The Kier molecular flexibility index (Phi) is 10.5. The quantitative estimate of drug-likeness (QED) is 0.343. The van der Waals surface area contributed by atoms with Gasteiger partial charge in [-0.25, -0.2) is 4.67 Å². The molecule has 0 aromatic rings. The lowest BCUT2D eigenvalue weighted by molar-refractivity contribution is -0.118. The van der Waals surface area contributed by atoms with Crippen molar-refractivity contribution in [3.8, 4) is 6.07 Å². The van der Waals surface area contributed by atoms with Gasteiger partial charge in [0.2, 0.25) is 0 Å². The average Bonchev–Trinajstić information content (AvgIpc) is 3.12. The minimum absolute atomic E-state index is 0.108. The highest BCUT2D eigenvalue weighted by molar-refractivity contribution is 7.80. The van der Waals surface area contributed by atoms with Gasteiger partial charge >= 0.3 is 0 Å². The van der Waals surface area contributed by atoms with Gasteiger partial charge in [0.15, 0.2) is 12.3 Å². The molecule has 36 heavy (non-hydrogen) atoms. The number of nitrogens with zero attached hydrogens (tertiary/aromatic N) is 4. The predicted octanol–water partition coefficient (Wildman–Crippen LogP) is 2.42. The number of carbonyl (C=O) groups excluding carboxylic acids is 1. The van der Waals surface area contributed by atoms with Crippen LogP contribution in [-0.2, 0) is 28.1 Å². The topological polar surface area (TPSA) is 109 Å². The molecule has 0 aliphatic carbocycles. The molecule has 0 radical (unpaired) electrons. The number of thiocarbonyl (C=S) groups is 1. The van der Waals surface area contributed by atoms with Gasteiger partial charge in [0.05, 0.1) is 25.4 Å². The molecule has 3 aliphatic rings. The molecule has 11 nitrogen and oxygen atoms in total. The number of hydrogen-bond donors (Lipinski definition) is 1. The third-order valence-electron chi connectivity index (χ3n) is 5.87. The van der Waals surface area contributed by atoms with E-state index in [2.05, 4.69) is 44.3 Å². The van der Waals surface area contributed by atoms with Gasteiger partial charge in [0.1, 0.15) is 18.5 Å². The van der Waals surface area contributed by atoms with Gasteiger partial charge in [-0.2, -0.15) is 5.26 Å². The Bertz CT molecular complexity index is 870. The lowest BCUT2D eigenvalue weighted by Crippen LogP contribution is -2.51. The van der Waals surface area contributed by atoms with E-state index in [1.165, 1.54) is 6.08 Å². The Hall–Kier alpha value is -1.84. The minimum Gasteiger partial charge on any atom is -0.460 e. The van der Waals surface area contributed by atoms with Crippen molar-refractivity contribution < 1.29 is 28.1 Å². The first-order chi connectivity index (χ1) is 17.1. The summed E-state index contributed by atoms with van der Waals surface area (Å²) in [6.45, 7) is 16.3. The van der Waals surface area contributed by atoms with E-state index in [1.54, 1.807) is 11.1 Å².